The van der Waals surface area contributed by atoms with Crippen molar-refractivity contribution in [3.8, 4) is 11.5 Å². The zero-order chi connectivity index (χ0) is 14.8. The predicted molar refractivity (Wildman–Crippen MR) is 83.3 cm³/mol. The van der Waals surface area contributed by atoms with Gasteiger partial charge in [0.15, 0.2) is 11.5 Å². The van der Waals surface area contributed by atoms with Crippen LogP contribution in [-0.4, -0.2) is 29.3 Å². The molecular weight excluding hydrogens is 278 g/mol. The summed E-state index contributed by atoms with van der Waals surface area (Å²) in [5, 5.41) is 3.56. The normalized spacial score (nSPS) is 19.7. The first-order chi connectivity index (χ1) is 10.9. The molecule has 22 heavy (non-hydrogen) atoms. The van der Waals surface area contributed by atoms with Gasteiger partial charge in [-0.3, -0.25) is 0 Å². The molecule has 5 heteroatoms. The fourth-order valence-corrected chi connectivity index (χ4v) is 3.35. The van der Waals surface area contributed by atoms with Crippen LogP contribution in [0.2, 0.25) is 0 Å². The molecule has 0 fully saturated rings. The summed E-state index contributed by atoms with van der Waals surface area (Å²) in [7, 11) is 0. The van der Waals surface area contributed by atoms with E-state index in [0.717, 1.165) is 36.7 Å². The van der Waals surface area contributed by atoms with Gasteiger partial charge in [-0.2, -0.15) is 0 Å². The fourth-order valence-electron chi connectivity index (χ4n) is 3.35. The van der Waals surface area contributed by atoms with E-state index < -0.39 is 0 Å². The average molecular weight is 299 g/mol. The molecule has 2 aromatic rings. The largest absolute Gasteiger partial charge is 0.486 e. The van der Waals surface area contributed by atoms with Crippen molar-refractivity contribution in [3.05, 3.63) is 42.0 Å². The summed E-state index contributed by atoms with van der Waals surface area (Å²) >= 11 is 0. The van der Waals surface area contributed by atoms with Crippen molar-refractivity contribution in [2.45, 2.75) is 31.8 Å². The van der Waals surface area contributed by atoms with Crippen molar-refractivity contribution in [1.82, 2.24) is 14.9 Å². The summed E-state index contributed by atoms with van der Waals surface area (Å²) in [5.74, 6) is 3.47. The van der Waals surface area contributed by atoms with E-state index in [1.165, 1.54) is 18.7 Å². The predicted octanol–water partition coefficient (Wildman–Crippen LogP) is 2.32. The molecule has 2 aliphatic rings. The number of rotatable bonds is 4. The Morgan fingerprint density at radius 2 is 2.23 bits per heavy atom. The molecule has 1 atom stereocenters. The Hall–Kier alpha value is -2.01. The molecule has 1 aromatic heterocycles. The Kier molecular flexibility index (Phi) is 3.72. The molecule has 116 valence electrons. The minimum Gasteiger partial charge on any atom is -0.486 e. The molecule has 0 bridgehead atoms. The van der Waals surface area contributed by atoms with Gasteiger partial charge in [-0.15, -0.1) is 0 Å². The Morgan fingerprint density at radius 3 is 3.23 bits per heavy atom. The molecule has 0 saturated carbocycles. The van der Waals surface area contributed by atoms with Crippen LogP contribution in [0.15, 0.2) is 30.6 Å². The maximum absolute atomic E-state index is 5.76. The van der Waals surface area contributed by atoms with Crippen molar-refractivity contribution in [3.63, 3.8) is 0 Å². The number of aromatic nitrogens is 2. The van der Waals surface area contributed by atoms with Crippen molar-refractivity contribution in [1.29, 1.82) is 0 Å². The van der Waals surface area contributed by atoms with E-state index in [1.807, 2.05) is 18.3 Å². The molecule has 1 aromatic carbocycles. The standard InChI is InChI=1S/C17H21N3O2/c1-3-13(16-15(5-1)21-9-10-22-16)11-18-12-14-4-2-7-20-8-6-19-17(14)20/h1,3,5-6,8,14,18H,2,4,7,9-12H2/t14-/m0/s1. The van der Waals surface area contributed by atoms with E-state index in [2.05, 4.69) is 27.1 Å². The zero-order valence-electron chi connectivity index (χ0n) is 12.6. The molecule has 2 aliphatic heterocycles. The lowest BCUT2D eigenvalue weighted by atomic mass is 9.99. The van der Waals surface area contributed by atoms with Crippen LogP contribution in [0.5, 0.6) is 11.5 Å². The van der Waals surface area contributed by atoms with Crippen LogP contribution in [0, 0.1) is 0 Å². The molecule has 0 amide bonds. The first kappa shape index (κ1) is 13.6. The molecule has 4 rings (SSSR count). The molecule has 5 nitrogen and oxygen atoms in total. The highest BCUT2D eigenvalue weighted by Crippen LogP contribution is 2.33. The molecule has 0 unspecified atom stereocenters. The lowest BCUT2D eigenvalue weighted by Gasteiger charge is -2.24. The topological polar surface area (TPSA) is 48.3 Å². The highest BCUT2D eigenvalue weighted by atomic mass is 16.6. The minimum atomic E-state index is 0.500. The van der Waals surface area contributed by atoms with Gasteiger partial charge in [0.2, 0.25) is 0 Å². The van der Waals surface area contributed by atoms with Crippen LogP contribution in [0.3, 0.4) is 0 Å². The lowest BCUT2D eigenvalue weighted by Crippen LogP contribution is -2.27. The summed E-state index contributed by atoms with van der Waals surface area (Å²) in [6.45, 7) is 4.10. The first-order valence-corrected chi connectivity index (χ1v) is 8.01. The van der Waals surface area contributed by atoms with Gasteiger partial charge < -0.3 is 19.4 Å². The first-order valence-electron chi connectivity index (χ1n) is 8.01. The highest BCUT2D eigenvalue weighted by molar-refractivity contribution is 5.47. The maximum Gasteiger partial charge on any atom is 0.165 e. The van der Waals surface area contributed by atoms with Crippen LogP contribution in [-0.2, 0) is 13.1 Å². The zero-order valence-corrected chi connectivity index (χ0v) is 12.6. The fraction of sp³-hybridized carbons (Fsp3) is 0.471. The number of aryl methyl sites for hydroxylation is 1. The molecule has 0 saturated heterocycles. The Morgan fingerprint density at radius 1 is 1.27 bits per heavy atom. The second-order valence-corrected chi connectivity index (χ2v) is 5.89. The van der Waals surface area contributed by atoms with Crippen LogP contribution in [0.25, 0.3) is 0 Å². The Balaban J connectivity index is 1.40. The van der Waals surface area contributed by atoms with Gasteiger partial charge in [-0.1, -0.05) is 12.1 Å². The van der Waals surface area contributed by atoms with Crippen LogP contribution in [0.1, 0.15) is 30.1 Å². The number of imidazole rings is 1. The summed E-state index contributed by atoms with van der Waals surface area (Å²) in [4.78, 5) is 4.51. The van der Waals surface area contributed by atoms with Crippen molar-refractivity contribution in [2.24, 2.45) is 0 Å². The van der Waals surface area contributed by atoms with Gasteiger partial charge in [0, 0.05) is 43.5 Å². The van der Waals surface area contributed by atoms with E-state index >= 15 is 0 Å². The lowest BCUT2D eigenvalue weighted by molar-refractivity contribution is 0.169. The van der Waals surface area contributed by atoms with E-state index in [1.54, 1.807) is 0 Å². The molecule has 0 aliphatic carbocycles. The summed E-state index contributed by atoms with van der Waals surface area (Å²) in [5.41, 5.74) is 1.16. The number of benzene rings is 1. The molecule has 1 N–H and O–H groups in total. The van der Waals surface area contributed by atoms with Crippen molar-refractivity contribution >= 4 is 0 Å². The summed E-state index contributed by atoms with van der Waals surface area (Å²) < 4.78 is 13.7. The highest BCUT2D eigenvalue weighted by Gasteiger charge is 2.21. The number of ether oxygens (including phenoxy) is 2. The molecule has 0 radical (unpaired) electrons. The summed E-state index contributed by atoms with van der Waals surface area (Å²) in [6.07, 6.45) is 6.43. The minimum absolute atomic E-state index is 0.500. The van der Waals surface area contributed by atoms with Gasteiger partial charge in [0.25, 0.3) is 0 Å². The number of hydrogen-bond acceptors (Lipinski definition) is 4. The third kappa shape index (κ3) is 2.57. The monoisotopic (exact) mass is 299 g/mol. The van der Waals surface area contributed by atoms with Crippen LogP contribution >= 0.6 is 0 Å². The van der Waals surface area contributed by atoms with E-state index in [-0.39, 0.29) is 0 Å². The second kappa shape index (κ2) is 6.01. The molecular formula is C17H21N3O2. The van der Waals surface area contributed by atoms with E-state index in [9.17, 15) is 0 Å². The average Bonchev–Trinajstić information content (AvgIpc) is 3.05. The Bertz CT molecular complexity index is 653. The number of nitrogens with one attached hydrogen (secondary N) is 1. The van der Waals surface area contributed by atoms with Gasteiger partial charge >= 0.3 is 0 Å². The van der Waals surface area contributed by atoms with E-state index in [0.29, 0.717) is 19.1 Å². The summed E-state index contributed by atoms with van der Waals surface area (Å²) in [6, 6.07) is 6.09. The van der Waals surface area contributed by atoms with E-state index in [4.69, 9.17) is 9.47 Å². The maximum atomic E-state index is 5.76. The van der Waals surface area contributed by atoms with Gasteiger partial charge in [0.1, 0.15) is 19.0 Å². The van der Waals surface area contributed by atoms with Gasteiger partial charge in [-0.05, 0) is 18.9 Å². The quantitative estimate of drug-likeness (QED) is 0.941. The third-order valence-corrected chi connectivity index (χ3v) is 4.42. The van der Waals surface area contributed by atoms with Crippen molar-refractivity contribution < 1.29 is 9.47 Å². The van der Waals surface area contributed by atoms with Crippen molar-refractivity contribution in [2.75, 3.05) is 19.8 Å². The molecule has 3 heterocycles. The van der Waals surface area contributed by atoms with Crippen LogP contribution in [0.4, 0.5) is 0 Å². The Labute approximate surface area is 130 Å². The van der Waals surface area contributed by atoms with Crippen LogP contribution < -0.4 is 14.8 Å². The third-order valence-electron chi connectivity index (χ3n) is 4.42. The number of fused-ring (bicyclic) bond motifs is 2. The van der Waals surface area contributed by atoms with Gasteiger partial charge in [0.05, 0.1) is 0 Å². The SMILES string of the molecule is c1cc(CNC[C@@H]2CCCn3ccnc32)c2c(c1)OCCO2. The van der Waals surface area contributed by atoms with Gasteiger partial charge in [-0.25, -0.2) is 4.98 Å². The number of para-hydroxylation sites is 1. The number of hydrogen-bond donors (Lipinski definition) is 1. The number of nitrogens with zero attached hydrogens (tertiary/aromatic N) is 2. The second-order valence-electron chi connectivity index (χ2n) is 5.89. The smallest absolute Gasteiger partial charge is 0.165 e. The molecule has 0 spiro atoms.